The van der Waals surface area contributed by atoms with Crippen LogP contribution in [-0.4, -0.2) is 20.1 Å². The number of hydrogen-bond donors (Lipinski definition) is 2. The van der Waals surface area contributed by atoms with Crippen LogP contribution in [0, 0.1) is 20.8 Å². The molecule has 0 bridgehead atoms. The lowest BCUT2D eigenvalue weighted by Crippen LogP contribution is -2.36. The molecule has 1 heterocycles. The number of aliphatic imine (C=N–C) groups is 1. The van der Waals surface area contributed by atoms with Gasteiger partial charge in [0.25, 0.3) is 0 Å². The Bertz CT molecular complexity index is 696. The molecule has 2 aromatic rings. The van der Waals surface area contributed by atoms with Crippen LogP contribution < -0.4 is 15.4 Å². The largest absolute Gasteiger partial charge is 0.496 e. The predicted octanol–water partition coefficient (Wildman–Crippen LogP) is 3.70. The Morgan fingerprint density at radius 1 is 1.08 bits per heavy atom. The number of benzene rings is 1. The minimum atomic E-state index is 0. The van der Waals surface area contributed by atoms with Gasteiger partial charge in [-0.05, 0) is 38.5 Å². The van der Waals surface area contributed by atoms with Gasteiger partial charge in [-0.15, -0.1) is 24.0 Å². The molecule has 0 aliphatic carbocycles. The molecule has 0 unspecified atom stereocenters. The summed E-state index contributed by atoms with van der Waals surface area (Å²) in [4.78, 5) is 4.25. The van der Waals surface area contributed by atoms with Crippen LogP contribution in [0.1, 0.15) is 28.2 Å². The van der Waals surface area contributed by atoms with Gasteiger partial charge in [-0.3, -0.25) is 4.99 Å². The van der Waals surface area contributed by atoms with Crippen molar-refractivity contribution < 1.29 is 9.15 Å². The third kappa shape index (κ3) is 5.43. The highest BCUT2D eigenvalue weighted by Gasteiger charge is 2.07. The minimum absolute atomic E-state index is 0. The number of methoxy groups -OCH3 is 1. The van der Waals surface area contributed by atoms with Gasteiger partial charge in [0.1, 0.15) is 17.3 Å². The zero-order valence-corrected chi connectivity index (χ0v) is 17.2. The number of nitrogens with zero attached hydrogens (tertiary/aromatic N) is 1. The summed E-state index contributed by atoms with van der Waals surface area (Å²) in [6.45, 7) is 7.29. The molecule has 0 atom stereocenters. The minimum Gasteiger partial charge on any atom is -0.496 e. The standard InChI is InChI=1S/C18H25N3O2.HI/c1-12-6-7-15(17(8-12)22-5)10-20-18(19-4)21-11-16-9-13(2)23-14(16)3;/h6-9H,10-11H2,1-5H3,(H2,19,20,21);1H. The smallest absolute Gasteiger partial charge is 0.191 e. The van der Waals surface area contributed by atoms with Crippen LogP contribution in [0.2, 0.25) is 0 Å². The average molecular weight is 443 g/mol. The van der Waals surface area contributed by atoms with Crippen molar-refractivity contribution >= 4 is 29.9 Å². The number of halogens is 1. The predicted molar refractivity (Wildman–Crippen MR) is 108 cm³/mol. The molecule has 2 N–H and O–H groups in total. The Kier molecular flexibility index (Phi) is 8.10. The topological polar surface area (TPSA) is 58.8 Å². The zero-order chi connectivity index (χ0) is 16.8. The van der Waals surface area contributed by atoms with Gasteiger partial charge < -0.3 is 19.8 Å². The van der Waals surface area contributed by atoms with Crippen LogP contribution in [-0.2, 0) is 13.1 Å². The van der Waals surface area contributed by atoms with Crippen molar-refractivity contribution in [3.8, 4) is 5.75 Å². The maximum absolute atomic E-state index is 5.53. The van der Waals surface area contributed by atoms with Crippen LogP contribution in [0.3, 0.4) is 0 Å². The van der Waals surface area contributed by atoms with E-state index >= 15 is 0 Å². The van der Waals surface area contributed by atoms with E-state index in [0.717, 1.165) is 34.4 Å². The van der Waals surface area contributed by atoms with Crippen molar-refractivity contribution in [2.45, 2.75) is 33.9 Å². The highest BCUT2D eigenvalue weighted by Crippen LogP contribution is 2.19. The molecular formula is C18H26IN3O2. The number of guanidine groups is 1. The van der Waals surface area contributed by atoms with Gasteiger partial charge in [0.05, 0.1) is 7.11 Å². The normalized spacial score (nSPS) is 11.0. The molecule has 2 rings (SSSR count). The van der Waals surface area contributed by atoms with Gasteiger partial charge in [0.2, 0.25) is 0 Å². The van der Waals surface area contributed by atoms with Gasteiger partial charge in [0.15, 0.2) is 5.96 Å². The maximum atomic E-state index is 5.53. The third-order valence-corrected chi connectivity index (χ3v) is 3.70. The number of ether oxygens (including phenoxy) is 1. The molecule has 1 aromatic carbocycles. The molecule has 0 fully saturated rings. The van der Waals surface area contributed by atoms with E-state index in [1.807, 2.05) is 26.0 Å². The third-order valence-electron chi connectivity index (χ3n) is 3.70. The first-order valence-electron chi connectivity index (χ1n) is 7.67. The Labute approximate surface area is 160 Å². The number of aryl methyl sites for hydroxylation is 3. The van der Waals surface area contributed by atoms with Crippen LogP contribution in [0.4, 0.5) is 0 Å². The number of furan rings is 1. The summed E-state index contributed by atoms with van der Waals surface area (Å²) in [7, 11) is 3.45. The van der Waals surface area contributed by atoms with Gasteiger partial charge in [0, 0.05) is 31.3 Å². The lowest BCUT2D eigenvalue weighted by atomic mass is 10.1. The van der Waals surface area contributed by atoms with Crippen LogP contribution in [0.25, 0.3) is 0 Å². The van der Waals surface area contributed by atoms with Crippen molar-refractivity contribution in [2.24, 2.45) is 4.99 Å². The van der Waals surface area contributed by atoms with Crippen molar-refractivity contribution in [3.05, 3.63) is 52.5 Å². The fourth-order valence-electron chi connectivity index (χ4n) is 2.44. The summed E-state index contributed by atoms with van der Waals surface area (Å²) in [5, 5.41) is 6.60. The van der Waals surface area contributed by atoms with Crippen LogP contribution >= 0.6 is 24.0 Å². The molecule has 6 heteroatoms. The summed E-state index contributed by atoms with van der Waals surface area (Å²) in [6, 6.07) is 8.22. The van der Waals surface area contributed by atoms with E-state index in [9.17, 15) is 0 Å². The monoisotopic (exact) mass is 443 g/mol. The van der Waals surface area contributed by atoms with Crippen LogP contribution in [0.5, 0.6) is 5.75 Å². The summed E-state index contributed by atoms with van der Waals surface area (Å²) in [6.07, 6.45) is 0. The first kappa shape index (κ1) is 20.3. The summed E-state index contributed by atoms with van der Waals surface area (Å²) in [5.41, 5.74) is 3.41. The Morgan fingerprint density at radius 3 is 2.29 bits per heavy atom. The molecule has 0 saturated carbocycles. The molecule has 0 aliphatic rings. The summed E-state index contributed by atoms with van der Waals surface area (Å²) < 4.78 is 11.0. The van der Waals surface area contributed by atoms with Crippen molar-refractivity contribution in [2.75, 3.05) is 14.2 Å². The van der Waals surface area contributed by atoms with E-state index in [0.29, 0.717) is 13.1 Å². The molecule has 0 spiro atoms. The van der Waals surface area contributed by atoms with Gasteiger partial charge >= 0.3 is 0 Å². The Balaban J connectivity index is 0.00000288. The van der Waals surface area contributed by atoms with E-state index in [-0.39, 0.29) is 24.0 Å². The van der Waals surface area contributed by atoms with Gasteiger partial charge in [-0.1, -0.05) is 12.1 Å². The zero-order valence-electron chi connectivity index (χ0n) is 14.9. The maximum Gasteiger partial charge on any atom is 0.191 e. The molecule has 0 aliphatic heterocycles. The van der Waals surface area contributed by atoms with E-state index in [1.165, 1.54) is 5.56 Å². The Morgan fingerprint density at radius 2 is 1.75 bits per heavy atom. The van der Waals surface area contributed by atoms with E-state index < -0.39 is 0 Å². The molecule has 5 nitrogen and oxygen atoms in total. The highest BCUT2D eigenvalue weighted by atomic mass is 127. The first-order chi connectivity index (χ1) is 11.0. The lowest BCUT2D eigenvalue weighted by molar-refractivity contribution is 0.408. The molecule has 0 saturated heterocycles. The van der Waals surface area contributed by atoms with Gasteiger partial charge in [-0.2, -0.15) is 0 Å². The van der Waals surface area contributed by atoms with E-state index in [1.54, 1.807) is 14.2 Å². The molecule has 1 aromatic heterocycles. The number of hydrogen-bond acceptors (Lipinski definition) is 3. The van der Waals surface area contributed by atoms with Gasteiger partial charge in [-0.25, -0.2) is 0 Å². The van der Waals surface area contributed by atoms with Crippen LogP contribution in [0.15, 0.2) is 33.7 Å². The average Bonchev–Trinajstić information content (AvgIpc) is 2.86. The highest BCUT2D eigenvalue weighted by molar-refractivity contribution is 14.0. The second-order valence-corrected chi connectivity index (χ2v) is 5.53. The quantitative estimate of drug-likeness (QED) is 0.421. The van der Waals surface area contributed by atoms with Crippen molar-refractivity contribution in [1.29, 1.82) is 0 Å². The van der Waals surface area contributed by atoms with E-state index in [2.05, 4.69) is 34.7 Å². The summed E-state index contributed by atoms with van der Waals surface area (Å²) >= 11 is 0. The molecule has 0 radical (unpaired) electrons. The Hall–Kier alpha value is -1.70. The second kappa shape index (κ2) is 9.56. The molecule has 24 heavy (non-hydrogen) atoms. The molecule has 132 valence electrons. The van der Waals surface area contributed by atoms with Crippen molar-refractivity contribution in [3.63, 3.8) is 0 Å². The van der Waals surface area contributed by atoms with Crippen molar-refractivity contribution in [1.82, 2.24) is 10.6 Å². The molecule has 0 amide bonds. The number of rotatable bonds is 5. The summed E-state index contributed by atoms with van der Waals surface area (Å²) in [5.74, 6) is 3.48. The fourth-order valence-corrected chi connectivity index (χ4v) is 2.44. The number of nitrogens with one attached hydrogen (secondary N) is 2. The first-order valence-corrected chi connectivity index (χ1v) is 7.67. The van der Waals surface area contributed by atoms with E-state index in [4.69, 9.17) is 9.15 Å². The molecular weight excluding hydrogens is 417 g/mol. The second-order valence-electron chi connectivity index (χ2n) is 5.53. The lowest BCUT2D eigenvalue weighted by Gasteiger charge is -2.14. The SMILES string of the molecule is CN=C(NCc1ccc(C)cc1OC)NCc1cc(C)oc1C.I. The fraction of sp³-hybridized carbons (Fsp3) is 0.389.